The van der Waals surface area contributed by atoms with E-state index in [1.807, 2.05) is 12.1 Å². The lowest BCUT2D eigenvalue weighted by Gasteiger charge is -2.36. The molecule has 1 heterocycles. The van der Waals surface area contributed by atoms with Gasteiger partial charge in [0.2, 0.25) is 0 Å². The van der Waals surface area contributed by atoms with E-state index >= 15 is 0 Å². The van der Waals surface area contributed by atoms with Crippen molar-refractivity contribution in [3.8, 4) is 17.2 Å². The number of phenolic OH excluding ortho intramolecular Hbond substituents is 1. The van der Waals surface area contributed by atoms with Crippen molar-refractivity contribution < 1.29 is 19.0 Å². The number of benzene rings is 2. The molecule has 7 nitrogen and oxygen atoms in total. The monoisotopic (exact) mass is 416 g/mol. The van der Waals surface area contributed by atoms with Crippen LogP contribution in [-0.4, -0.2) is 68.3 Å². The third kappa shape index (κ3) is 5.33. The summed E-state index contributed by atoms with van der Waals surface area (Å²) in [5.41, 5.74) is 1.93. The first-order chi connectivity index (χ1) is 14.5. The van der Waals surface area contributed by atoms with Gasteiger partial charge in [-0.1, -0.05) is 12.1 Å². The van der Waals surface area contributed by atoms with E-state index in [0.29, 0.717) is 6.54 Å². The van der Waals surface area contributed by atoms with Crippen molar-refractivity contribution in [2.24, 2.45) is 4.99 Å². The van der Waals surface area contributed by atoms with Crippen LogP contribution in [0.25, 0.3) is 0 Å². The van der Waals surface area contributed by atoms with E-state index < -0.39 is 5.82 Å². The van der Waals surface area contributed by atoms with Crippen molar-refractivity contribution in [1.29, 1.82) is 0 Å². The van der Waals surface area contributed by atoms with E-state index in [9.17, 15) is 9.50 Å². The van der Waals surface area contributed by atoms with Gasteiger partial charge in [0.05, 0.1) is 14.2 Å². The van der Waals surface area contributed by atoms with Crippen molar-refractivity contribution in [1.82, 2.24) is 15.1 Å². The molecule has 2 aromatic rings. The highest BCUT2D eigenvalue weighted by molar-refractivity contribution is 5.80. The molecule has 1 aliphatic rings. The number of methoxy groups -OCH3 is 2. The van der Waals surface area contributed by atoms with Crippen LogP contribution in [0.15, 0.2) is 41.4 Å². The lowest BCUT2D eigenvalue weighted by atomic mass is 10.1. The smallest absolute Gasteiger partial charge is 0.194 e. The topological polar surface area (TPSA) is 69.6 Å². The number of nitrogens with one attached hydrogen (secondary N) is 1. The van der Waals surface area contributed by atoms with Gasteiger partial charge in [0.15, 0.2) is 29.0 Å². The van der Waals surface area contributed by atoms with E-state index in [1.165, 1.54) is 17.7 Å². The highest BCUT2D eigenvalue weighted by atomic mass is 19.1. The highest BCUT2D eigenvalue weighted by Crippen LogP contribution is 2.28. The summed E-state index contributed by atoms with van der Waals surface area (Å²) in [4.78, 5) is 8.94. The highest BCUT2D eigenvalue weighted by Gasteiger charge is 2.20. The average Bonchev–Trinajstić information content (AvgIpc) is 2.77. The van der Waals surface area contributed by atoms with Gasteiger partial charge >= 0.3 is 0 Å². The fourth-order valence-electron chi connectivity index (χ4n) is 3.53. The second-order valence-electron chi connectivity index (χ2n) is 7.14. The number of phenols is 1. The van der Waals surface area contributed by atoms with Crippen LogP contribution in [0.1, 0.15) is 11.1 Å². The fraction of sp³-hybridized carbons (Fsp3) is 0.409. The molecule has 1 aliphatic heterocycles. The quantitative estimate of drug-likeness (QED) is 0.557. The number of aliphatic imine (C=N–C) groups is 1. The van der Waals surface area contributed by atoms with Crippen LogP contribution < -0.4 is 14.8 Å². The SMILES string of the molecule is CN=C(NCc1ccc(O)c(F)c1)N1CCN(Cc2ccc(OC)c(OC)c2)CC1. The van der Waals surface area contributed by atoms with Gasteiger partial charge < -0.3 is 24.8 Å². The van der Waals surface area contributed by atoms with Gasteiger partial charge in [-0.05, 0) is 35.4 Å². The first kappa shape index (κ1) is 21.7. The molecule has 0 saturated carbocycles. The molecule has 2 aromatic carbocycles. The standard InChI is InChI=1S/C22H29FN4O3/c1-24-22(25-14-16-4-6-19(28)18(23)12-16)27-10-8-26(9-11-27)15-17-5-7-20(29-2)21(13-17)30-3/h4-7,12-13,28H,8-11,14-15H2,1-3H3,(H,24,25). The van der Waals surface area contributed by atoms with Gasteiger partial charge in [0.1, 0.15) is 0 Å². The van der Waals surface area contributed by atoms with Crippen LogP contribution in [0, 0.1) is 5.82 Å². The van der Waals surface area contributed by atoms with Crippen LogP contribution in [0.3, 0.4) is 0 Å². The summed E-state index contributed by atoms with van der Waals surface area (Å²) in [7, 11) is 5.02. The lowest BCUT2D eigenvalue weighted by Crippen LogP contribution is -2.52. The molecule has 8 heteroatoms. The zero-order chi connectivity index (χ0) is 21.5. The number of piperazine rings is 1. The Balaban J connectivity index is 1.51. The summed E-state index contributed by atoms with van der Waals surface area (Å²) in [6.07, 6.45) is 0. The zero-order valence-electron chi connectivity index (χ0n) is 17.7. The number of hydrogen-bond acceptors (Lipinski definition) is 5. The molecule has 0 radical (unpaired) electrons. The van der Waals surface area contributed by atoms with Crippen molar-refractivity contribution >= 4 is 5.96 Å². The largest absolute Gasteiger partial charge is 0.505 e. The van der Waals surface area contributed by atoms with Crippen LogP contribution >= 0.6 is 0 Å². The summed E-state index contributed by atoms with van der Waals surface area (Å²) in [5.74, 6) is 1.30. The number of nitrogens with zero attached hydrogens (tertiary/aromatic N) is 3. The van der Waals surface area contributed by atoms with Crippen molar-refractivity contribution in [3.63, 3.8) is 0 Å². The van der Waals surface area contributed by atoms with Crippen LogP contribution in [0.5, 0.6) is 17.2 Å². The lowest BCUT2D eigenvalue weighted by molar-refractivity contribution is 0.172. The molecular formula is C22H29FN4O3. The fourth-order valence-corrected chi connectivity index (χ4v) is 3.53. The maximum Gasteiger partial charge on any atom is 0.194 e. The molecule has 0 amide bonds. The number of guanidine groups is 1. The van der Waals surface area contributed by atoms with Gasteiger partial charge in [0, 0.05) is 46.3 Å². The molecule has 0 aromatic heterocycles. The number of hydrogen-bond donors (Lipinski definition) is 2. The third-order valence-corrected chi connectivity index (χ3v) is 5.20. The van der Waals surface area contributed by atoms with Gasteiger partial charge in [-0.15, -0.1) is 0 Å². The average molecular weight is 416 g/mol. The Bertz CT molecular complexity index is 883. The van der Waals surface area contributed by atoms with E-state index in [0.717, 1.165) is 55.7 Å². The van der Waals surface area contributed by atoms with Crippen LogP contribution in [0.2, 0.25) is 0 Å². The molecule has 2 N–H and O–H groups in total. The molecule has 0 spiro atoms. The molecule has 0 atom stereocenters. The maximum absolute atomic E-state index is 13.5. The minimum Gasteiger partial charge on any atom is -0.505 e. The van der Waals surface area contributed by atoms with Gasteiger partial charge in [-0.25, -0.2) is 4.39 Å². The van der Waals surface area contributed by atoms with Gasteiger partial charge in [-0.3, -0.25) is 9.89 Å². The number of rotatable bonds is 6. The minimum atomic E-state index is -0.618. The first-order valence-electron chi connectivity index (χ1n) is 9.90. The summed E-state index contributed by atoms with van der Waals surface area (Å²) < 4.78 is 24.2. The van der Waals surface area contributed by atoms with Gasteiger partial charge in [-0.2, -0.15) is 0 Å². The Morgan fingerprint density at radius 3 is 2.37 bits per heavy atom. The molecule has 0 unspecified atom stereocenters. The van der Waals surface area contributed by atoms with E-state index in [-0.39, 0.29) is 5.75 Å². The third-order valence-electron chi connectivity index (χ3n) is 5.20. The summed E-state index contributed by atoms with van der Waals surface area (Å²) in [6.45, 7) is 4.78. The molecular weight excluding hydrogens is 387 g/mol. The van der Waals surface area contributed by atoms with Crippen molar-refractivity contribution in [2.45, 2.75) is 13.1 Å². The number of aromatic hydroxyl groups is 1. The minimum absolute atomic E-state index is 0.339. The Kier molecular flexibility index (Phi) is 7.35. The Labute approximate surface area is 176 Å². The first-order valence-corrected chi connectivity index (χ1v) is 9.90. The summed E-state index contributed by atoms with van der Waals surface area (Å²) >= 11 is 0. The molecule has 1 saturated heterocycles. The molecule has 3 rings (SSSR count). The normalized spacial score (nSPS) is 15.2. The molecule has 1 fully saturated rings. The second-order valence-corrected chi connectivity index (χ2v) is 7.14. The molecule has 0 bridgehead atoms. The summed E-state index contributed by atoms with van der Waals surface area (Å²) in [6, 6.07) is 10.4. The van der Waals surface area contributed by atoms with Crippen molar-refractivity contribution in [3.05, 3.63) is 53.3 Å². The molecule has 0 aliphatic carbocycles. The van der Waals surface area contributed by atoms with E-state index in [2.05, 4.69) is 26.2 Å². The van der Waals surface area contributed by atoms with Crippen molar-refractivity contribution in [2.75, 3.05) is 47.4 Å². The van der Waals surface area contributed by atoms with Crippen LogP contribution in [0.4, 0.5) is 4.39 Å². The Morgan fingerprint density at radius 2 is 1.73 bits per heavy atom. The Hall–Kier alpha value is -3.00. The summed E-state index contributed by atoms with van der Waals surface area (Å²) in [5, 5.41) is 12.6. The maximum atomic E-state index is 13.5. The van der Waals surface area contributed by atoms with E-state index in [1.54, 1.807) is 27.3 Å². The predicted octanol–water partition coefficient (Wildman–Crippen LogP) is 2.44. The zero-order valence-corrected chi connectivity index (χ0v) is 17.7. The number of halogens is 1. The second kappa shape index (κ2) is 10.2. The van der Waals surface area contributed by atoms with Gasteiger partial charge in [0.25, 0.3) is 0 Å². The van der Waals surface area contributed by atoms with Crippen LogP contribution in [-0.2, 0) is 13.1 Å². The molecule has 30 heavy (non-hydrogen) atoms. The number of ether oxygens (including phenoxy) is 2. The van der Waals surface area contributed by atoms with E-state index in [4.69, 9.17) is 9.47 Å². The molecule has 162 valence electrons. The predicted molar refractivity (Wildman–Crippen MR) is 115 cm³/mol. The Morgan fingerprint density at radius 1 is 1.03 bits per heavy atom.